The van der Waals surface area contributed by atoms with Gasteiger partial charge < -0.3 is 14.6 Å². The summed E-state index contributed by atoms with van der Waals surface area (Å²) in [5, 5.41) is 9.53. The number of hydrogen-bond acceptors (Lipinski definition) is 3. The van der Waals surface area contributed by atoms with Gasteiger partial charge in [0.2, 0.25) is 5.91 Å². The Labute approximate surface area is 118 Å². The summed E-state index contributed by atoms with van der Waals surface area (Å²) >= 11 is 0. The van der Waals surface area contributed by atoms with Crippen molar-refractivity contribution in [1.82, 2.24) is 14.5 Å². The fraction of sp³-hybridized carbons (Fsp3) is 0.643. The predicted molar refractivity (Wildman–Crippen MR) is 73.0 cm³/mol. The first-order valence-electron chi connectivity index (χ1n) is 7.12. The Bertz CT molecular complexity index is 496. The Hall–Kier alpha value is -1.85. The minimum Gasteiger partial charge on any atom is -0.481 e. The molecule has 0 bridgehead atoms. The highest BCUT2D eigenvalue weighted by Gasteiger charge is 2.39. The summed E-state index contributed by atoms with van der Waals surface area (Å²) in [5.41, 5.74) is 0.817. The van der Waals surface area contributed by atoms with Gasteiger partial charge in [0.25, 0.3) is 0 Å². The second kappa shape index (κ2) is 6.07. The number of hydrogen-bond donors (Lipinski definition) is 1. The van der Waals surface area contributed by atoms with Crippen molar-refractivity contribution in [3.05, 3.63) is 18.2 Å². The summed E-state index contributed by atoms with van der Waals surface area (Å²) in [4.78, 5) is 29.6. The van der Waals surface area contributed by atoms with Gasteiger partial charge in [-0.3, -0.25) is 9.59 Å². The first-order valence-corrected chi connectivity index (χ1v) is 7.12. The molecule has 2 unspecified atom stereocenters. The number of imidazole rings is 1. The predicted octanol–water partition coefficient (Wildman–Crippen LogP) is 1.68. The number of aryl methyl sites for hydroxylation is 1. The maximum atomic E-state index is 12.2. The van der Waals surface area contributed by atoms with Crippen LogP contribution in [0.25, 0.3) is 0 Å². The third-order valence-corrected chi connectivity index (χ3v) is 3.99. The number of carbonyl (C=O) groups is 2. The number of carboxylic acid groups (broad SMARTS) is 1. The topological polar surface area (TPSA) is 75.4 Å². The lowest BCUT2D eigenvalue weighted by atomic mass is 9.92. The SMILES string of the molecule is CCN1C(=O)CCCC(C(=O)O)C1c1cncn1CC. The maximum absolute atomic E-state index is 12.2. The average Bonchev–Trinajstić information content (AvgIpc) is 2.82. The van der Waals surface area contributed by atoms with Crippen LogP contribution in [0.4, 0.5) is 0 Å². The molecule has 1 aromatic rings. The van der Waals surface area contributed by atoms with Crippen LogP contribution in [-0.2, 0) is 16.1 Å². The first-order chi connectivity index (χ1) is 9.60. The molecule has 1 amide bonds. The molecule has 0 saturated carbocycles. The highest BCUT2D eigenvalue weighted by Crippen LogP contribution is 2.35. The van der Waals surface area contributed by atoms with E-state index in [-0.39, 0.29) is 5.91 Å². The molecule has 1 aliphatic heterocycles. The van der Waals surface area contributed by atoms with Crippen molar-refractivity contribution in [2.45, 2.75) is 45.7 Å². The highest BCUT2D eigenvalue weighted by molar-refractivity contribution is 5.79. The van der Waals surface area contributed by atoms with Crippen molar-refractivity contribution in [3.8, 4) is 0 Å². The van der Waals surface area contributed by atoms with Crippen molar-refractivity contribution < 1.29 is 14.7 Å². The number of amides is 1. The Morgan fingerprint density at radius 1 is 1.45 bits per heavy atom. The van der Waals surface area contributed by atoms with E-state index in [1.54, 1.807) is 17.4 Å². The van der Waals surface area contributed by atoms with Crippen LogP contribution in [0.2, 0.25) is 0 Å². The van der Waals surface area contributed by atoms with Crippen molar-refractivity contribution in [2.24, 2.45) is 5.92 Å². The lowest BCUT2D eigenvalue weighted by Crippen LogP contribution is -2.39. The van der Waals surface area contributed by atoms with E-state index in [4.69, 9.17) is 0 Å². The summed E-state index contributed by atoms with van der Waals surface area (Å²) in [5.74, 6) is -1.37. The van der Waals surface area contributed by atoms with Crippen LogP contribution in [0, 0.1) is 5.92 Å². The Morgan fingerprint density at radius 2 is 2.20 bits per heavy atom. The Morgan fingerprint density at radius 3 is 2.80 bits per heavy atom. The van der Waals surface area contributed by atoms with Crippen LogP contribution in [0.1, 0.15) is 44.8 Å². The molecule has 1 aromatic heterocycles. The van der Waals surface area contributed by atoms with E-state index in [0.717, 1.165) is 5.69 Å². The number of carboxylic acids is 1. The van der Waals surface area contributed by atoms with E-state index >= 15 is 0 Å². The molecular weight excluding hydrogens is 258 g/mol. The number of carbonyl (C=O) groups excluding carboxylic acids is 1. The molecule has 0 radical (unpaired) electrons. The average molecular weight is 279 g/mol. The zero-order valence-electron chi connectivity index (χ0n) is 12.0. The van der Waals surface area contributed by atoms with E-state index in [1.165, 1.54) is 0 Å². The van der Waals surface area contributed by atoms with Crippen molar-refractivity contribution in [2.75, 3.05) is 6.54 Å². The van der Waals surface area contributed by atoms with E-state index in [1.807, 2.05) is 18.4 Å². The molecule has 1 fully saturated rings. The number of aliphatic carboxylic acids is 1. The van der Waals surface area contributed by atoms with Crippen molar-refractivity contribution in [1.29, 1.82) is 0 Å². The van der Waals surface area contributed by atoms with Gasteiger partial charge in [-0.15, -0.1) is 0 Å². The number of aromatic nitrogens is 2. The smallest absolute Gasteiger partial charge is 0.309 e. The second-order valence-electron chi connectivity index (χ2n) is 5.07. The lowest BCUT2D eigenvalue weighted by molar-refractivity contribution is -0.146. The second-order valence-corrected chi connectivity index (χ2v) is 5.07. The molecule has 2 atom stereocenters. The molecular formula is C14H21N3O3. The van der Waals surface area contributed by atoms with E-state index < -0.39 is 17.9 Å². The third-order valence-electron chi connectivity index (χ3n) is 3.99. The van der Waals surface area contributed by atoms with Crippen LogP contribution in [-0.4, -0.2) is 38.0 Å². The monoisotopic (exact) mass is 279 g/mol. The highest BCUT2D eigenvalue weighted by atomic mass is 16.4. The van der Waals surface area contributed by atoms with Gasteiger partial charge in [0, 0.05) is 19.5 Å². The molecule has 1 saturated heterocycles. The quantitative estimate of drug-likeness (QED) is 0.909. The standard InChI is InChI=1S/C14H21N3O3/c1-3-16-9-15-8-11(16)13-10(14(19)20)6-5-7-12(18)17(13)4-2/h8-10,13H,3-7H2,1-2H3,(H,19,20). The van der Waals surface area contributed by atoms with Gasteiger partial charge in [0.1, 0.15) is 0 Å². The zero-order chi connectivity index (χ0) is 14.7. The van der Waals surface area contributed by atoms with Crippen LogP contribution in [0.3, 0.4) is 0 Å². The summed E-state index contributed by atoms with van der Waals surface area (Å²) < 4.78 is 1.92. The van der Waals surface area contributed by atoms with Gasteiger partial charge in [-0.2, -0.15) is 0 Å². The maximum Gasteiger partial charge on any atom is 0.309 e. The molecule has 0 spiro atoms. The molecule has 110 valence electrons. The Balaban J connectivity index is 2.48. The molecule has 20 heavy (non-hydrogen) atoms. The van der Waals surface area contributed by atoms with E-state index in [2.05, 4.69) is 4.98 Å². The Kier molecular flexibility index (Phi) is 4.42. The van der Waals surface area contributed by atoms with Crippen LogP contribution in [0.5, 0.6) is 0 Å². The van der Waals surface area contributed by atoms with Gasteiger partial charge in [-0.1, -0.05) is 0 Å². The molecule has 1 N–H and O–H groups in total. The number of rotatable bonds is 4. The minimum atomic E-state index is -0.841. The van der Waals surface area contributed by atoms with Crippen molar-refractivity contribution >= 4 is 11.9 Å². The van der Waals surface area contributed by atoms with Gasteiger partial charge in [-0.05, 0) is 26.7 Å². The third kappa shape index (κ3) is 2.55. The largest absolute Gasteiger partial charge is 0.481 e. The van der Waals surface area contributed by atoms with Gasteiger partial charge in [-0.25, -0.2) is 4.98 Å². The molecule has 0 aliphatic carbocycles. The lowest BCUT2D eigenvalue weighted by Gasteiger charge is -2.33. The molecule has 6 nitrogen and oxygen atoms in total. The van der Waals surface area contributed by atoms with Gasteiger partial charge in [0.05, 0.1) is 30.2 Å². The van der Waals surface area contributed by atoms with E-state index in [0.29, 0.717) is 32.4 Å². The molecule has 2 rings (SSSR count). The zero-order valence-corrected chi connectivity index (χ0v) is 12.0. The minimum absolute atomic E-state index is 0.0325. The normalized spacial score (nSPS) is 23.7. The fourth-order valence-corrected chi connectivity index (χ4v) is 2.99. The van der Waals surface area contributed by atoms with Crippen LogP contribution >= 0.6 is 0 Å². The summed E-state index contributed by atoms with van der Waals surface area (Å²) in [7, 11) is 0. The van der Waals surface area contributed by atoms with Crippen LogP contribution < -0.4 is 0 Å². The fourth-order valence-electron chi connectivity index (χ4n) is 2.99. The van der Waals surface area contributed by atoms with Crippen LogP contribution in [0.15, 0.2) is 12.5 Å². The summed E-state index contributed by atoms with van der Waals surface area (Å²) in [6.07, 6.45) is 4.96. The van der Waals surface area contributed by atoms with Gasteiger partial charge in [0.15, 0.2) is 0 Å². The first kappa shape index (κ1) is 14.6. The number of nitrogens with zero attached hydrogens (tertiary/aromatic N) is 3. The summed E-state index contributed by atoms with van der Waals surface area (Å²) in [6.45, 7) is 5.10. The molecule has 0 aromatic carbocycles. The van der Waals surface area contributed by atoms with Gasteiger partial charge >= 0.3 is 5.97 Å². The molecule has 1 aliphatic rings. The molecule has 2 heterocycles. The van der Waals surface area contributed by atoms with Crippen molar-refractivity contribution in [3.63, 3.8) is 0 Å². The number of likely N-dealkylation sites (tertiary alicyclic amines) is 1. The summed E-state index contributed by atoms with van der Waals surface area (Å²) in [6, 6.07) is -0.421. The molecule has 6 heteroatoms. The van der Waals surface area contributed by atoms with E-state index in [9.17, 15) is 14.7 Å².